The Morgan fingerprint density at radius 1 is 1.06 bits per heavy atom. The van der Waals surface area contributed by atoms with Crippen LogP contribution in [0.2, 0.25) is 10.0 Å². The number of nitrogens with one attached hydrogen (secondary N) is 1. The molecule has 0 aliphatic heterocycles. The zero-order valence-electron chi connectivity index (χ0n) is 18.2. The zero-order chi connectivity index (χ0) is 22.7. The first kappa shape index (κ1) is 23.0. The van der Waals surface area contributed by atoms with Gasteiger partial charge in [-0.05, 0) is 42.2 Å². The van der Waals surface area contributed by atoms with Crippen LogP contribution in [0.3, 0.4) is 0 Å². The van der Waals surface area contributed by atoms with E-state index in [1.54, 1.807) is 6.07 Å². The number of anilines is 1. The molecular weight excluding hydrogens is 445 g/mol. The quantitative estimate of drug-likeness (QED) is 0.443. The minimum Gasteiger partial charge on any atom is -0.394 e. The third-order valence-electron chi connectivity index (χ3n) is 5.79. The average molecular weight is 472 g/mol. The summed E-state index contributed by atoms with van der Waals surface area (Å²) in [5.74, 6) is 0.762. The first-order valence-electron chi connectivity index (χ1n) is 11.0. The molecule has 0 spiro atoms. The molecule has 7 heteroatoms. The first-order chi connectivity index (χ1) is 15.5. The fourth-order valence-electron chi connectivity index (χ4n) is 4.25. The van der Waals surface area contributed by atoms with Crippen molar-refractivity contribution >= 4 is 29.0 Å². The van der Waals surface area contributed by atoms with Crippen LogP contribution in [0.1, 0.15) is 42.4 Å². The van der Waals surface area contributed by atoms with Crippen LogP contribution in [0.4, 0.5) is 5.82 Å². The predicted molar refractivity (Wildman–Crippen MR) is 130 cm³/mol. The maximum atomic E-state index is 9.26. The van der Waals surface area contributed by atoms with Crippen LogP contribution in [-0.4, -0.2) is 34.4 Å². The van der Waals surface area contributed by atoms with E-state index < -0.39 is 0 Å². The van der Waals surface area contributed by atoms with Crippen molar-refractivity contribution in [3.63, 3.8) is 0 Å². The van der Waals surface area contributed by atoms with Crippen molar-refractivity contribution < 1.29 is 9.84 Å². The van der Waals surface area contributed by atoms with E-state index in [1.165, 1.54) is 11.1 Å². The van der Waals surface area contributed by atoms with E-state index in [4.69, 9.17) is 37.9 Å². The summed E-state index contributed by atoms with van der Waals surface area (Å²) in [4.78, 5) is 9.96. The number of ether oxygens (including phenoxy) is 1. The van der Waals surface area contributed by atoms with Crippen LogP contribution in [0.5, 0.6) is 0 Å². The fraction of sp³-hybridized carbons (Fsp3) is 0.360. The summed E-state index contributed by atoms with van der Waals surface area (Å²) in [5.41, 5.74) is 5.80. The molecule has 0 saturated carbocycles. The van der Waals surface area contributed by atoms with Gasteiger partial charge < -0.3 is 15.2 Å². The summed E-state index contributed by atoms with van der Waals surface area (Å²) < 4.78 is 5.98. The predicted octanol–water partition coefficient (Wildman–Crippen LogP) is 5.66. The molecular formula is C25H27Cl2N3O2. The summed E-state index contributed by atoms with van der Waals surface area (Å²) in [6.07, 6.45) is 2.14. The minimum absolute atomic E-state index is 0.00386. The lowest BCUT2D eigenvalue weighted by Gasteiger charge is -2.24. The molecule has 0 radical (unpaired) electrons. The lowest BCUT2D eigenvalue weighted by atomic mass is 10.1. The Morgan fingerprint density at radius 2 is 1.84 bits per heavy atom. The molecule has 3 aromatic rings. The average Bonchev–Trinajstić information content (AvgIpc) is 3.15. The number of fused-ring (bicyclic) bond motifs is 1. The second-order valence-corrected chi connectivity index (χ2v) is 8.65. The van der Waals surface area contributed by atoms with Crippen molar-refractivity contribution in [2.75, 3.05) is 18.5 Å². The number of hydrogen-bond donors (Lipinski definition) is 2. The topological polar surface area (TPSA) is 67.3 Å². The number of aromatic nitrogens is 2. The van der Waals surface area contributed by atoms with Gasteiger partial charge >= 0.3 is 0 Å². The lowest BCUT2D eigenvalue weighted by molar-refractivity contribution is 0.0245. The van der Waals surface area contributed by atoms with E-state index in [1.807, 2.05) is 24.3 Å². The number of benzene rings is 2. The van der Waals surface area contributed by atoms with Gasteiger partial charge in [0, 0.05) is 17.0 Å². The van der Waals surface area contributed by atoms with Gasteiger partial charge in [-0.25, -0.2) is 9.97 Å². The molecule has 1 aliphatic rings. The normalized spacial score (nSPS) is 17.4. The van der Waals surface area contributed by atoms with Crippen molar-refractivity contribution in [1.29, 1.82) is 0 Å². The van der Waals surface area contributed by atoms with E-state index in [9.17, 15) is 5.11 Å². The van der Waals surface area contributed by atoms with Gasteiger partial charge in [0.15, 0.2) is 0 Å². The van der Waals surface area contributed by atoms with E-state index >= 15 is 0 Å². The van der Waals surface area contributed by atoms with Gasteiger partial charge in [0.2, 0.25) is 0 Å². The molecule has 1 aliphatic carbocycles. The van der Waals surface area contributed by atoms with Crippen molar-refractivity contribution in [1.82, 2.24) is 9.97 Å². The summed E-state index contributed by atoms with van der Waals surface area (Å²) >= 11 is 12.6. The molecule has 5 nitrogen and oxygen atoms in total. The molecule has 168 valence electrons. The number of rotatable bonds is 8. The number of halogens is 2. The van der Waals surface area contributed by atoms with Crippen LogP contribution in [0.15, 0.2) is 42.5 Å². The van der Waals surface area contributed by atoms with Crippen LogP contribution in [0, 0.1) is 0 Å². The van der Waals surface area contributed by atoms with Crippen LogP contribution < -0.4 is 5.32 Å². The van der Waals surface area contributed by atoms with Gasteiger partial charge in [0.25, 0.3) is 0 Å². The van der Waals surface area contributed by atoms with Gasteiger partial charge in [-0.1, -0.05) is 61.3 Å². The summed E-state index contributed by atoms with van der Waals surface area (Å²) in [6, 6.07) is 13.7. The van der Waals surface area contributed by atoms with Crippen LogP contribution >= 0.6 is 23.2 Å². The van der Waals surface area contributed by atoms with Gasteiger partial charge in [0.05, 0.1) is 47.5 Å². The number of aliphatic hydroxyl groups excluding tert-OH is 1. The second-order valence-electron chi connectivity index (χ2n) is 7.80. The number of aliphatic hydroxyl groups is 1. The van der Waals surface area contributed by atoms with Crippen molar-refractivity contribution in [2.24, 2.45) is 0 Å². The number of nitrogens with zero attached hydrogens (tertiary/aromatic N) is 2. The molecule has 2 atom stereocenters. The Kier molecular flexibility index (Phi) is 7.31. The highest BCUT2D eigenvalue weighted by molar-refractivity contribution is 6.36. The molecule has 0 amide bonds. The third-order valence-corrected chi connectivity index (χ3v) is 6.34. The third kappa shape index (κ3) is 4.62. The summed E-state index contributed by atoms with van der Waals surface area (Å²) in [6.45, 7) is 4.43. The van der Waals surface area contributed by atoms with Gasteiger partial charge in [0.1, 0.15) is 5.82 Å². The molecule has 0 bridgehead atoms. The molecule has 1 aromatic heterocycles. The van der Waals surface area contributed by atoms with Crippen molar-refractivity contribution in [2.45, 2.75) is 45.3 Å². The van der Waals surface area contributed by atoms with E-state index in [-0.39, 0.29) is 18.8 Å². The van der Waals surface area contributed by atoms with Crippen LogP contribution in [-0.2, 0) is 24.0 Å². The second kappa shape index (κ2) is 10.2. The van der Waals surface area contributed by atoms with Crippen LogP contribution in [0.25, 0.3) is 11.3 Å². The first-order valence-corrected chi connectivity index (χ1v) is 11.7. The van der Waals surface area contributed by atoms with E-state index in [0.29, 0.717) is 29.5 Å². The minimum atomic E-state index is -0.0819. The maximum absolute atomic E-state index is 9.26. The molecule has 2 aromatic carbocycles. The Bertz CT molecular complexity index is 1110. The molecule has 4 rings (SSSR count). The van der Waals surface area contributed by atoms with Gasteiger partial charge in [-0.3, -0.25) is 0 Å². The Labute approximate surface area is 198 Å². The summed E-state index contributed by atoms with van der Waals surface area (Å²) in [7, 11) is 0. The van der Waals surface area contributed by atoms with Gasteiger partial charge in [-0.2, -0.15) is 0 Å². The van der Waals surface area contributed by atoms with E-state index in [0.717, 1.165) is 34.9 Å². The fourth-order valence-corrected chi connectivity index (χ4v) is 4.74. The zero-order valence-corrected chi connectivity index (χ0v) is 19.7. The van der Waals surface area contributed by atoms with Crippen molar-refractivity contribution in [3.05, 3.63) is 75.0 Å². The highest BCUT2D eigenvalue weighted by atomic mass is 35.5. The monoisotopic (exact) mass is 471 g/mol. The smallest absolute Gasteiger partial charge is 0.148 e. The molecule has 32 heavy (non-hydrogen) atoms. The Hall–Kier alpha value is -2.18. The molecule has 0 fully saturated rings. The maximum Gasteiger partial charge on any atom is 0.148 e. The summed E-state index contributed by atoms with van der Waals surface area (Å²) in [5, 5.41) is 14.0. The molecule has 0 saturated heterocycles. The largest absolute Gasteiger partial charge is 0.394 e. The van der Waals surface area contributed by atoms with Gasteiger partial charge in [-0.15, -0.1) is 0 Å². The molecule has 1 heterocycles. The number of aryl methyl sites for hydroxylation is 2. The van der Waals surface area contributed by atoms with E-state index in [2.05, 4.69) is 31.3 Å². The Morgan fingerprint density at radius 3 is 2.56 bits per heavy atom. The standard InChI is InChI=1S/C25H27Cl2N3O2/c1-3-20-23(18-10-9-16(26)14-19(18)27)28-21(4-2)25(29-20)30-24-17-8-6-5-7-15(17)13-22(24)32-12-11-31/h5-10,14,22,24,31H,3-4,11-13H2,1-2H3,(H,29,30)/t22-,24+/m0/s1. The highest BCUT2D eigenvalue weighted by Crippen LogP contribution is 2.37. The molecule has 2 N–H and O–H groups in total. The number of hydrogen-bond acceptors (Lipinski definition) is 5. The lowest BCUT2D eigenvalue weighted by Crippen LogP contribution is -2.27. The Balaban J connectivity index is 1.73. The molecule has 0 unspecified atom stereocenters. The SMILES string of the molecule is CCc1nc(-c2ccc(Cl)cc2Cl)c(CC)nc1N[C@@H]1c2ccccc2C[C@@H]1OCCO. The highest BCUT2D eigenvalue weighted by Gasteiger charge is 2.34. The van der Waals surface area contributed by atoms with Crippen molar-refractivity contribution in [3.8, 4) is 11.3 Å².